The third kappa shape index (κ3) is 0.559. The van der Waals surface area contributed by atoms with Crippen LogP contribution < -0.4 is 0 Å². The van der Waals surface area contributed by atoms with Gasteiger partial charge in [-0.15, -0.1) is 0 Å². The van der Waals surface area contributed by atoms with Crippen LogP contribution >= 0.6 is 0 Å². The van der Waals surface area contributed by atoms with Gasteiger partial charge < -0.3 is 0 Å². The quantitative estimate of drug-likeness (QED) is 0.479. The van der Waals surface area contributed by atoms with Crippen LogP contribution in [0.3, 0.4) is 0 Å². The molecule has 1 N–H and O–H groups in total. The first-order chi connectivity index (χ1) is 3.72. The Morgan fingerprint density at radius 2 is 1.50 bits per heavy atom. The summed E-state index contributed by atoms with van der Waals surface area (Å²) in [5, 5.41) is 14.6. The normalized spacial score (nSPS) is 18.5. The van der Waals surface area contributed by atoms with Gasteiger partial charge in [0.05, 0.1) is 11.4 Å². The number of nitrogens with zero attached hydrogens (tertiary/aromatic N) is 2. The van der Waals surface area contributed by atoms with E-state index in [-0.39, 0.29) is 0 Å². The Kier molecular flexibility index (Phi) is 0.970. The van der Waals surface area contributed by atoms with Crippen molar-refractivity contribution in [1.29, 1.82) is 5.41 Å². The Bertz CT molecular complexity index is 168. The Morgan fingerprint density at radius 3 is 1.62 bits per heavy atom. The van der Waals surface area contributed by atoms with Crippen LogP contribution in [0, 0.1) is 5.41 Å². The van der Waals surface area contributed by atoms with Gasteiger partial charge in [0, 0.05) is 0 Å². The molecule has 0 atom stereocenters. The fourth-order valence-electron chi connectivity index (χ4n) is 0.512. The first-order valence-electron chi connectivity index (χ1n) is 2.40. The summed E-state index contributed by atoms with van der Waals surface area (Å²) in [5.41, 5.74) is 1.88. The molecule has 8 heavy (non-hydrogen) atoms. The van der Waals surface area contributed by atoms with E-state index in [0.717, 1.165) is 0 Å². The highest BCUT2D eigenvalue weighted by molar-refractivity contribution is 6.68. The zero-order valence-electron chi connectivity index (χ0n) is 4.89. The molecule has 0 fully saturated rings. The third-order valence-electron chi connectivity index (χ3n) is 1.07. The van der Waals surface area contributed by atoms with Crippen LogP contribution in [-0.4, -0.2) is 17.1 Å². The summed E-state index contributed by atoms with van der Waals surface area (Å²) in [5.74, 6) is 0. The van der Waals surface area contributed by atoms with E-state index in [4.69, 9.17) is 5.41 Å². The van der Waals surface area contributed by atoms with Crippen molar-refractivity contribution in [1.82, 2.24) is 0 Å². The maximum absolute atomic E-state index is 7.20. The molecule has 0 radical (unpaired) electrons. The topological polar surface area (TPSA) is 48.6 Å². The summed E-state index contributed by atoms with van der Waals surface area (Å²) in [6.45, 7) is 3.56. The van der Waals surface area contributed by atoms with Gasteiger partial charge in [-0.2, -0.15) is 10.2 Å². The second kappa shape index (κ2) is 1.51. The van der Waals surface area contributed by atoms with Gasteiger partial charge >= 0.3 is 0 Å². The molecule has 1 aliphatic rings. The molecule has 0 aliphatic carbocycles. The van der Waals surface area contributed by atoms with E-state index in [1.54, 1.807) is 13.8 Å². The fraction of sp³-hybridized carbons (Fsp3) is 0.400. The highest BCUT2D eigenvalue weighted by Gasteiger charge is 2.09. The minimum atomic E-state index is 0.463. The van der Waals surface area contributed by atoms with Gasteiger partial charge in [0.25, 0.3) is 0 Å². The molecule has 1 aliphatic heterocycles. The van der Waals surface area contributed by atoms with Crippen LogP contribution in [0.2, 0.25) is 0 Å². The number of hydrogen-bond donors (Lipinski definition) is 1. The van der Waals surface area contributed by atoms with E-state index >= 15 is 0 Å². The van der Waals surface area contributed by atoms with Gasteiger partial charge in [-0.1, -0.05) is 0 Å². The van der Waals surface area contributed by atoms with Crippen LogP contribution in [0.25, 0.3) is 0 Å². The van der Waals surface area contributed by atoms with E-state index in [1.165, 1.54) is 0 Å². The lowest BCUT2D eigenvalue weighted by molar-refractivity contribution is 1.26. The highest BCUT2D eigenvalue weighted by atomic mass is 15.2. The monoisotopic (exact) mass is 109 g/mol. The molecule has 0 unspecified atom stereocenters. The van der Waals surface area contributed by atoms with Crippen LogP contribution in [0.5, 0.6) is 0 Å². The first kappa shape index (κ1) is 5.15. The molecule has 3 heteroatoms. The maximum Gasteiger partial charge on any atom is 0.100 e. The van der Waals surface area contributed by atoms with Crippen molar-refractivity contribution in [3.8, 4) is 0 Å². The zero-order chi connectivity index (χ0) is 6.15. The van der Waals surface area contributed by atoms with E-state index in [9.17, 15) is 0 Å². The van der Waals surface area contributed by atoms with Gasteiger partial charge in [-0.25, -0.2) is 0 Å². The Labute approximate surface area is 47.6 Å². The Morgan fingerprint density at radius 1 is 1.12 bits per heavy atom. The summed E-state index contributed by atoms with van der Waals surface area (Å²) in [4.78, 5) is 0. The fourth-order valence-corrected chi connectivity index (χ4v) is 0.512. The van der Waals surface area contributed by atoms with Gasteiger partial charge in [0.2, 0.25) is 0 Å². The summed E-state index contributed by atoms with van der Waals surface area (Å²) in [6.07, 6.45) is 0. The molecule has 0 saturated carbocycles. The minimum Gasteiger partial charge on any atom is -0.297 e. The van der Waals surface area contributed by atoms with Gasteiger partial charge in [-0.05, 0) is 13.8 Å². The van der Waals surface area contributed by atoms with Crippen LogP contribution in [-0.2, 0) is 0 Å². The number of rotatable bonds is 0. The van der Waals surface area contributed by atoms with Crippen molar-refractivity contribution < 1.29 is 0 Å². The minimum absolute atomic E-state index is 0.463. The lowest BCUT2D eigenvalue weighted by Gasteiger charge is -1.86. The van der Waals surface area contributed by atoms with Gasteiger partial charge in [0.1, 0.15) is 5.71 Å². The molecule has 3 nitrogen and oxygen atoms in total. The first-order valence-corrected chi connectivity index (χ1v) is 2.40. The molecule has 42 valence electrons. The smallest absolute Gasteiger partial charge is 0.100 e. The van der Waals surface area contributed by atoms with Crippen molar-refractivity contribution in [3.63, 3.8) is 0 Å². The lowest BCUT2D eigenvalue weighted by Crippen LogP contribution is -2.11. The van der Waals surface area contributed by atoms with Crippen molar-refractivity contribution in [2.75, 3.05) is 0 Å². The van der Waals surface area contributed by atoms with Crippen LogP contribution in [0.4, 0.5) is 0 Å². The summed E-state index contributed by atoms with van der Waals surface area (Å²) in [6, 6.07) is 0. The second-order valence-electron chi connectivity index (χ2n) is 1.75. The molecule has 0 aromatic rings. The Balaban J connectivity index is 2.92. The van der Waals surface area contributed by atoms with E-state index in [0.29, 0.717) is 17.1 Å². The molecule has 0 aromatic carbocycles. The van der Waals surface area contributed by atoms with Gasteiger partial charge in [0.15, 0.2) is 0 Å². The third-order valence-corrected chi connectivity index (χ3v) is 1.07. The molecule has 0 bridgehead atoms. The van der Waals surface area contributed by atoms with Crippen LogP contribution in [0.15, 0.2) is 10.2 Å². The summed E-state index contributed by atoms with van der Waals surface area (Å²) in [7, 11) is 0. The molecule has 1 heterocycles. The van der Waals surface area contributed by atoms with Crippen molar-refractivity contribution >= 4 is 17.1 Å². The second-order valence-corrected chi connectivity index (χ2v) is 1.75. The standard InChI is InChI=1S/C5H7N3/c1-3-5(6)4(2)8-7-3/h6H,1-2H3. The van der Waals surface area contributed by atoms with Gasteiger partial charge in [-0.3, -0.25) is 5.41 Å². The highest BCUT2D eigenvalue weighted by Crippen LogP contribution is 1.95. The predicted octanol–water partition coefficient (Wildman–Crippen LogP) is 0.857. The van der Waals surface area contributed by atoms with Crippen molar-refractivity contribution in [2.24, 2.45) is 10.2 Å². The van der Waals surface area contributed by atoms with Crippen molar-refractivity contribution in [2.45, 2.75) is 13.8 Å². The molecular weight excluding hydrogens is 102 g/mol. The molecule has 1 rings (SSSR count). The summed E-state index contributed by atoms with van der Waals surface area (Å²) >= 11 is 0. The largest absolute Gasteiger partial charge is 0.297 e. The zero-order valence-corrected chi connectivity index (χ0v) is 4.89. The number of nitrogens with one attached hydrogen (secondary N) is 1. The molecule has 0 aromatic heterocycles. The molecule has 0 amide bonds. The molecule has 0 saturated heterocycles. The maximum atomic E-state index is 7.20. The van der Waals surface area contributed by atoms with E-state index in [2.05, 4.69) is 10.2 Å². The average molecular weight is 109 g/mol. The lowest BCUT2D eigenvalue weighted by atomic mass is 10.2. The molecule has 0 spiro atoms. The van der Waals surface area contributed by atoms with Crippen molar-refractivity contribution in [3.05, 3.63) is 0 Å². The Hall–Kier alpha value is -0.990. The SMILES string of the molecule is CC1=NN=C(C)C1=N. The number of hydrogen-bond acceptors (Lipinski definition) is 3. The predicted molar refractivity (Wildman–Crippen MR) is 33.9 cm³/mol. The van der Waals surface area contributed by atoms with Crippen LogP contribution in [0.1, 0.15) is 13.8 Å². The summed E-state index contributed by atoms with van der Waals surface area (Å²) < 4.78 is 0. The van der Waals surface area contributed by atoms with E-state index < -0.39 is 0 Å². The van der Waals surface area contributed by atoms with E-state index in [1.807, 2.05) is 0 Å². The molecular formula is C5H7N3. The average Bonchev–Trinajstić information content (AvgIpc) is 1.98.